The SMILES string of the molecule is CC/C=C/CCSSSCC/C=C/CC. The fourth-order valence-electron chi connectivity index (χ4n) is 0.903. The summed E-state index contributed by atoms with van der Waals surface area (Å²) >= 11 is 0. The lowest BCUT2D eigenvalue weighted by Crippen LogP contribution is -1.72. The number of hydrogen-bond acceptors (Lipinski definition) is 3. The average molecular weight is 263 g/mol. The molecule has 0 fully saturated rings. The number of hydrogen-bond donors (Lipinski definition) is 0. The highest BCUT2D eigenvalue weighted by Gasteiger charge is 1.89. The topological polar surface area (TPSA) is 0 Å². The van der Waals surface area contributed by atoms with Crippen LogP contribution in [0.5, 0.6) is 0 Å². The van der Waals surface area contributed by atoms with Gasteiger partial charge in [-0.3, -0.25) is 0 Å². The van der Waals surface area contributed by atoms with Crippen LogP contribution in [0.3, 0.4) is 0 Å². The molecule has 0 rings (SSSR count). The average Bonchev–Trinajstić information content (AvgIpc) is 2.26. The third-order valence-electron chi connectivity index (χ3n) is 1.64. The molecule has 88 valence electrons. The van der Waals surface area contributed by atoms with E-state index < -0.39 is 0 Å². The summed E-state index contributed by atoms with van der Waals surface area (Å²) in [5.41, 5.74) is 0. The van der Waals surface area contributed by atoms with Gasteiger partial charge in [0, 0.05) is 11.5 Å². The molecule has 0 spiro atoms. The third-order valence-corrected chi connectivity index (χ3v) is 5.94. The minimum Gasteiger partial charge on any atom is -0.0888 e. The standard InChI is InChI=1S/C12H22S3/c1-3-5-7-9-11-13-15-14-12-10-8-6-4-2/h5-8H,3-4,9-12H2,1-2H3/b7-5+,8-6+. The van der Waals surface area contributed by atoms with Gasteiger partial charge in [-0.2, -0.15) is 0 Å². The molecular formula is C12H22S3. The van der Waals surface area contributed by atoms with Crippen LogP contribution >= 0.6 is 31.4 Å². The number of allylic oxidation sites excluding steroid dienone is 4. The van der Waals surface area contributed by atoms with Crippen LogP contribution in [0.4, 0.5) is 0 Å². The van der Waals surface area contributed by atoms with Gasteiger partial charge in [0.25, 0.3) is 0 Å². The second kappa shape index (κ2) is 14.5. The van der Waals surface area contributed by atoms with Gasteiger partial charge in [-0.25, -0.2) is 0 Å². The predicted octanol–water partition coefficient (Wildman–Crippen LogP) is 5.73. The first-order valence-corrected chi connectivity index (χ1v) is 9.45. The van der Waals surface area contributed by atoms with E-state index >= 15 is 0 Å². The molecule has 0 heterocycles. The summed E-state index contributed by atoms with van der Waals surface area (Å²) in [5.74, 6) is 2.47. The van der Waals surface area contributed by atoms with E-state index in [2.05, 4.69) is 38.2 Å². The maximum Gasteiger partial charge on any atom is 0.00797 e. The lowest BCUT2D eigenvalue weighted by Gasteiger charge is -1.96. The Labute approximate surface area is 107 Å². The van der Waals surface area contributed by atoms with Crippen LogP contribution in [0.2, 0.25) is 0 Å². The summed E-state index contributed by atoms with van der Waals surface area (Å²) < 4.78 is 0. The summed E-state index contributed by atoms with van der Waals surface area (Å²) in [4.78, 5) is 0. The van der Waals surface area contributed by atoms with Gasteiger partial charge < -0.3 is 0 Å². The van der Waals surface area contributed by atoms with Crippen molar-refractivity contribution < 1.29 is 0 Å². The molecule has 0 aromatic rings. The fraction of sp³-hybridized carbons (Fsp3) is 0.667. The Kier molecular flexibility index (Phi) is 15.0. The molecule has 0 nitrogen and oxygen atoms in total. The van der Waals surface area contributed by atoms with Gasteiger partial charge in [-0.05, 0) is 35.5 Å². The molecule has 3 heteroatoms. The molecule has 0 saturated carbocycles. The van der Waals surface area contributed by atoms with Crippen molar-refractivity contribution in [3.05, 3.63) is 24.3 Å². The molecule has 15 heavy (non-hydrogen) atoms. The molecule has 0 amide bonds. The molecule has 0 atom stereocenters. The van der Waals surface area contributed by atoms with Crippen molar-refractivity contribution in [1.82, 2.24) is 0 Å². The summed E-state index contributed by atoms with van der Waals surface area (Å²) in [6.07, 6.45) is 13.8. The van der Waals surface area contributed by atoms with Crippen LogP contribution in [-0.2, 0) is 0 Å². The minimum absolute atomic E-state index is 1.16. The zero-order chi connectivity index (χ0) is 11.2. The summed E-state index contributed by atoms with van der Waals surface area (Å²) in [6, 6.07) is 0. The summed E-state index contributed by atoms with van der Waals surface area (Å²) in [5, 5.41) is 0. The van der Waals surface area contributed by atoms with Crippen molar-refractivity contribution in [1.29, 1.82) is 0 Å². The van der Waals surface area contributed by atoms with Gasteiger partial charge in [0.1, 0.15) is 0 Å². The van der Waals surface area contributed by atoms with E-state index in [1.807, 2.05) is 31.4 Å². The maximum absolute atomic E-state index is 2.28. The molecule has 0 aromatic carbocycles. The Hall–Kier alpha value is 0.530. The summed E-state index contributed by atoms with van der Waals surface area (Å²) in [6.45, 7) is 4.36. The Morgan fingerprint density at radius 2 is 1.20 bits per heavy atom. The fourth-order valence-corrected chi connectivity index (χ4v) is 4.60. The van der Waals surface area contributed by atoms with Gasteiger partial charge in [0.15, 0.2) is 0 Å². The smallest absolute Gasteiger partial charge is 0.00797 e. The van der Waals surface area contributed by atoms with E-state index in [0.717, 1.165) is 12.8 Å². The third kappa shape index (κ3) is 14.5. The second-order valence-electron chi connectivity index (χ2n) is 3.05. The van der Waals surface area contributed by atoms with Crippen molar-refractivity contribution in [3.8, 4) is 0 Å². The Morgan fingerprint density at radius 1 is 0.733 bits per heavy atom. The maximum atomic E-state index is 2.28. The van der Waals surface area contributed by atoms with E-state index in [-0.39, 0.29) is 0 Å². The van der Waals surface area contributed by atoms with Crippen molar-refractivity contribution >= 4 is 31.4 Å². The first-order chi connectivity index (χ1) is 7.41. The lowest BCUT2D eigenvalue weighted by atomic mass is 10.4. The van der Waals surface area contributed by atoms with Crippen LogP contribution in [0.25, 0.3) is 0 Å². The van der Waals surface area contributed by atoms with E-state index in [0.29, 0.717) is 0 Å². The monoisotopic (exact) mass is 262 g/mol. The highest BCUT2D eigenvalue weighted by molar-refractivity contribution is 9.09. The predicted molar refractivity (Wildman–Crippen MR) is 80.6 cm³/mol. The first kappa shape index (κ1) is 15.5. The van der Waals surface area contributed by atoms with Gasteiger partial charge in [-0.1, -0.05) is 59.7 Å². The Bertz CT molecular complexity index is 146. The van der Waals surface area contributed by atoms with Crippen molar-refractivity contribution in [2.24, 2.45) is 0 Å². The Morgan fingerprint density at radius 3 is 1.60 bits per heavy atom. The van der Waals surface area contributed by atoms with Gasteiger partial charge in [-0.15, -0.1) is 0 Å². The van der Waals surface area contributed by atoms with Crippen molar-refractivity contribution in [2.45, 2.75) is 39.5 Å². The van der Waals surface area contributed by atoms with E-state index in [1.54, 1.807) is 0 Å². The molecule has 0 radical (unpaired) electrons. The quantitative estimate of drug-likeness (QED) is 0.280. The van der Waals surface area contributed by atoms with E-state index in [1.165, 1.54) is 24.3 Å². The molecule has 0 unspecified atom stereocenters. The molecule has 0 saturated heterocycles. The molecular weight excluding hydrogens is 240 g/mol. The van der Waals surface area contributed by atoms with Gasteiger partial charge in [0.05, 0.1) is 0 Å². The lowest BCUT2D eigenvalue weighted by molar-refractivity contribution is 1.17. The highest BCUT2D eigenvalue weighted by Crippen LogP contribution is 2.35. The normalized spacial score (nSPS) is 11.9. The molecule has 0 aliphatic carbocycles. The van der Waals surface area contributed by atoms with Crippen LogP contribution in [-0.4, -0.2) is 11.5 Å². The molecule has 0 N–H and O–H groups in total. The molecule has 0 aliphatic rings. The number of rotatable bonds is 10. The van der Waals surface area contributed by atoms with Crippen LogP contribution in [0, 0.1) is 0 Å². The summed E-state index contributed by atoms with van der Waals surface area (Å²) in [7, 11) is 5.88. The van der Waals surface area contributed by atoms with Crippen LogP contribution in [0.1, 0.15) is 39.5 Å². The molecule has 0 bridgehead atoms. The van der Waals surface area contributed by atoms with Crippen molar-refractivity contribution in [2.75, 3.05) is 11.5 Å². The molecule has 0 aliphatic heterocycles. The highest BCUT2D eigenvalue weighted by atomic mass is 33.5. The minimum atomic E-state index is 1.16. The van der Waals surface area contributed by atoms with Gasteiger partial charge >= 0.3 is 0 Å². The van der Waals surface area contributed by atoms with Crippen LogP contribution < -0.4 is 0 Å². The second-order valence-corrected chi connectivity index (χ2v) is 7.52. The van der Waals surface area contributed by atoms with Gasteiger partial charge in [0.2, 0.25) is 0 Å². The van der Waals surface area contributed by atoms with Crippen molar-refractivity contribution in [3.63, 3.8) is 0 Å². The zero-order valence-electron chi connectivity index (χ0n) is 9.78. The molecule has 0 aromatic heterocycles. The largest absolute Gasteiger partial charge is 0.0888 e. The van der Waals surface area contributed by atoms with E-state index in [9.17, 15) is 0 Å². The first-order valence-electron chi connectivity index (χ1n) is 5.62. The zero-order valence-corrected chi connectivity index (χ0v) is 12.2. The van der Waals surface area contributed by atoms with Crippen LogP contribution in [0.15, 0.2) is 24.3 Å². The van der Waals surface area contributed by atoms with E-state index in [4.69, 9.17) is 0 Å². The Balaban J connectivity index is 2.98.